The van der Waals surface area contributed by atoms with E-state index < -0.39 is 0 Å². The van der Waals surface area contributed by atoms with Gasteiger partial charge in [-0.05, 0) is 67.1 Å². The number of hydrogen-bond acceptors (Lipinski definition) is 5. The minimum Gasteiger partial charge on any atom is -0.493 e. The molecule has 5 nitrogen and oxygen atoms in total. The number of amides is 1. The predicted octanol–water partition coefficient (Wildman–Crippen LogP) is 6.72. The van der Waals surface area contributed by atoms with Crippen molar-refractivity contribution in [1.82, 2.24) is 5.32 Å². The summed E-state index contributed by atoms with van der Waals surface area (Å²) in [6.07, 6.45) is 2.55. The second-order valence-corrected chi connectivity index (χ2v) is 8.70. The molecule has 2 aromatic carbocycles. The fourth-order valence-electron chi connectivity index (χ4n) is 2.53. The first-order valence-electron chi connectivity index (χ1n) is 9.09. The highest BCUT2D eigenvalue weighted by Crippen LogP contribution is 2.39. The molecule has 0 radical (unpaired) electrons. The number of ether oxygens (including phenoxy) is 2. The van der Waals surface area contributed by atoms with Gasteiger partial charge in [0.15, 0.2) is 16.7 Å². The average molecular weight is 486 g/mol. The molecule has 2 aromatic rings. The van der Waals surface area contributed by atoms with Crippen LogP contribution in [0.5, 0.6) is 11.5 Å². The smallest absolute Gasteiger partial charge is 0.264 e. The number of benzene rings is 2. The van der Waals surface area contributed by atoms with Crippen LogP contribution in [0.3, 0.4) is 0 Å². The number of nitrogens with zero attached hydrogens (tertiary/aromatic N) is 1. The number of carbonyl (C=O) groups excluding carboxylic acids is 1. The molecule has 1 fully saturated rings. The van der Waals surface area contributed by atoms with Gasteiger partial charge in [-0.25, -0.2) is 4.99 Å². The van der Waals surface area contributed by atoms with E-state index in [9.17, 15) is 4.79 Å². The number of thioether (sulfide) groups is 1. The molecule has 1 aliphatic heterocycles. The van der Waals surface area contributed by atoms with E-state index in [4.69, 9.17) is 44.3 Å². The Kier molecular flexibility index (Phi) is 7.58. The third-order valence-corrected chi connectivity index (χ3v) is 6.16. The SMILES string of the molecule is CC[C@H](C)Oc1c(Cl)cc(/C=C2\SC(=Nc3ccc(Cl)c(Cl)c3)NC2=O)cc1OC. The van der Waals surface area contributed by atoms with E-state index in [2.05, 4.69) is 10.3 Å². The number of hydrogen-bond donors (Lipinski definition) is 1. The maximum Gasteiger partial charge on any atom is 0.264 e. The molecule has 0 aliphatic carbocycles. The highest BCUT2D eigenvalue weighted by atomic mass is 35.5. The molecule has 0 spiro atoms. The van der Waals surface area contributed by atoms with Crippen LogP contribution in [-0.4, -0.2) is 24.3 Å². The van der Waals surface area contributed by atoms with E-state index >= 15 is 0 Å². The van der Waals surface area contributed by atoms with Crippen LogP contribution in [-0.2, 0) is 4.79 Å². The van der Waals surface area contributed by atoms with Gasteiger partial charge in [-0.2, -0.15) is 0 Å². The number of rotatable bonds is 6. The lowest BCUT2D eigenvalue weighted by molar-refractivity contribution is -0.115. The molecule has 1 aliphatic rings. The summed E-state index contributed by atoms with van der Waals surface area (Å²) in [6, 6.07) is 8.51. The Morgan fingerprint density at radius 2 is 1.93 bits per heavy atom. The molecule has 1 N–H and O–H groups in total. The van der Waals surface area contributed by atoms with Crippen molar-refractivity contribution < 1.29 is 14.3 Å². The van der Waals surface area contributed by atoms with Crippen molar-refractivity contribution in [2.24, 2.45) is 4.99 Å². The van der Waals surface area contributed by atoms with Crippen LogP contribution in [0.25, 0.3) is 6.08 Å². The molecule has 3 rings (SSSR count). The molecule has 0 unspecified atom stereocenters. The molecule has 1 saturated heterocycles. The van der Waals surface area contributed by atoms with Gasteiger partial charge in [-0.1, -0.05) is 41.7 Å². The summed E-state index contributed by atoms with van der Waals surface area (Å²) in [5.41, 5.74) is 1.30. The number of nitrogens with one attached hydrogen (secondary N) is 1. The van der Waals surface area contributed by atoms with Crippen LogP contribution >= 0.6 is 46.6 Å². The lowest BCUT2D eigenvalue weighted by Gasteiger charge is -2.17. The number of aliphatic imine (C=N–C) groups is 1. The maximum absolute atomic E-state index is 12.4. The Labute approximate surface area is 194 Å². The molecule has 1 atom stereocenters. The van der Waals surface area contributed by atoms with E-state index in [1.165, 1.54) is 11.8 Å². The molecule has 158 valence electrons. The van der Waals surface area contributed by atoms with Crippen molar-refractivity contribution in [2.45, 2.75) is 26.4 Å². The van der Waals surface area contributed by atoms with Crippen molar-refractivity contribution in [3.8, 4) is 11.5 Å². The largest absolute Gasteiger partial charge is 0.493 e. The minimum absolute atomic E-state index is 0.00286. The summed E-state index contributed by atoms with van der Waals surface area (Å²) in [5, 5.41) is 4.43. The summed E-state index contributed by atoms with van der Waals surface area (Å²) in [4.78, 5) is 17.3. The zero-order valence-corrected chi connectivity index (χ0v) is 19.5. The summed E-state index contributed by atoms with van der Waals surface area (Å²) in [7, 11) is 1.55. The zero-order valence-electron chi connectivity index (χ0n) is 16.5. The standard InChI is InChI=1S/C21H19Cl3N2O3S/c1-4-11(2)29-19-16(24)7-12(8-17(19)28-3)9-18-20(27)26-21(30-18)25-13-5-6-14(22)15(23)10-13/h5-11H,4H2,1-3H3,(H,25,26,27)/b18-9-/t11-/m0/s1. The maximum atomic E-state index is 12.4. The van der Waals surface area contributed by atoms with Gasteiger partial charge in [-0.15, -0.1) is 0 Å². The molecular formula is C21H19Cl3N2O3S. The fourth-order valence-corrected chi connectivity index (χ4v) is 3.92. The summed E-state index contributed by atoms with van der Waals surface area (Å²) < 4.78 is 11.3. The minimum atomic E-state index is -0.256. The molecular weight excluding hydrogens is 467 g/mol. The molecule has 0 bridgehead atoms. The number of methoxy groups -OCH3 is 1. The predicted molar refractivity (Wildman–Crippen MR) is 126 cm³/mol. The van der Waals surface area contributed by atoms with Gasteiger partial charge in [0.1, 0.15) is 0 Å². The highest BCUT2D eigenvalue weighted by Gasteiger charge is 2.24. The number of amidine groups is 1. The summed E-state index contributed by atoms with van der Waals surface area (Å²) >= 11 is 19.6. The third kappa shape index (κ3) is 5.43. The van der Waals surface area contributed by atoms with Crippen LogP contribution in [0.4, 0.5) is 5.69 Å². The quantitative estimate of drug-likeness (QED) is 0.461. The van der Waals surface area contributed by atoms with Crippen LogP contribution in [0, 0.1) is 0 Å². The van der Waals surface area contributed by atoms with E-state index in [1.54, 1.807) is 43.5 Å². The van der Waals surface area contributed by atoms with Crippen LogP contribution in [0.1, 0.15) is 25.8 Å². The van der Waals surface area contributed by atoms with Gasteiger partial charge >= 0.3 is 0 Å². The third-order valence-electron chi connectivity index (χ3n) is 4.23. The summed E-state index contributed by atoms with van der Waals surface area (Å²) in [5.74, 6) is 0.734. The molecule has 0 aromatic heterocycles. The fraction of sp³-hybridized carbons (Fsp3) is 0.238. The van der Waals surface area contributed by atoms with Crippen LogP contribution in [0.2, 0.25) is 15.1 Å². The van der Waals surface area contributed by atoms with Gasteiger partial charge in [0.2, 0.25) is 0 Å². The van der Waals surface area contributed by atoms with Crippen molar-refractivity contribution >= 4 is 69.4 Å². The van der Waals surface area contributed by atoms with E-state index in [1.807, 2.05) is 13.8 Å². The van der Waals surface area contributed by atoms with Gasteiger partial charge < -0.3 is 14.8 Å². The molecule has 0 saturated carbocycles. The molecule has 9 heteroatoms. The van der Waals surface area contributed by atoms with Crippen molar-refractivity contribution in [1.29, 1.82) is 0 Å². The Balaban J connectivity index is 1.86. The van der Waals surface area contributed by atoms with Gasteiger partial charge in [0, 0.05) is 0 Å². The first-order chi connectivity index (χ1) is 14.3. The zero-order chi connectivity index (χ0) is 21.8. The second-order valence-electron chi connectivity index (χ2n) is 6.45. The Morgan fingerprint density at radius 3 is 2.60 bits per heavy atom. The van der Waals surface area contributed by atoms with Gasteiger partial charge in [0.25, 0.3) is 5.91 Å². The number of halogens is 3. The molecule has 1 heterocycles. The monoisotopic (exact) mass is 484 g/mol. The van der Waals surface area contributed by atoms with Crippen molar-refractivity contribution in [2.75, 3.05) is 7.11 Å². The van der Waals surface area contributed by atoms with E-state index in [0.717, 1.165) is 6.42 Å². The number of carbonyl (C=O) groups is 1. The molecule has 1 amide bonds. The van der Waals surface area contributed by atoms with Crippen LogP contribution in [0.15, 0.2) is 40.2 Å². The van der Waals surface area contributed by atoms with E-state index in [0.29, 0.717) is 47.9 Å². The summed E-state index contributed by atoms with van der Waals surface area (Å²) in [6.45, 7) is 3.98. The lowest BCUT2D eigenvalue weighted by Crippen LogP contribution is -2.19. The molecule has 30 heavy (non-hydrogen) atoms. The van der Waals surface area contributed by atoms with Crippen molar-refractivity contribution in [3.05, 3.63) is 55.9 Å². The van der Waals surface area contributed by atoms with Gasteiger partial charge in [-0.3, -0.25) is 4.79 Å². The Morgan fingerprint density at radius 1 is 1.17 bits per heavy atom. The van der Waals surface area contributed by atoms with Crippen LogP contribution < -0.4 is 14.8 Å². The average Bonchev–Trinajstić information content (AvgIpc) is 3.05. The first kappa shape index (κ1) is 22.8. The van der Waals surface area contributed by atoms with Gasteiger partial charge in [0.05, 0.1) is 38.9 Å². The second kappa shape index (κ2) is 9.96. The first-order valence-corrected chi connectivity index (χ1v) is 11.0. The van der Waals surface area contributed by atoms with E-state index in [-0.39, 0.29) is 12.0 Å². The highest BCUT2D eigenvalue weighted by molar-refractivity contribution is 8.18. The topological polar surface area (TPSA) is 59.9 Å². The van der Waals surface area contributed by atoms with Crippen molar-refractivity contribution in [3.63, 3.8) is 0 Å². The Hall–Kier alpha value is -1.86. The lowest BCUT2D eigenvalue weighted by atomic mass is 10.1. The Bertz CT molecular complexity index is 1040. The normalized spacial score (nSPS) is 17.3.